The minimum Gasteiger partial charge on any atom is -0.370 e. The Kier molecular flexibility index (Phi) is 3.54. The fourth-order valence-corrected chi connectivity index (χ4v) is 1.49. The zero-order chi connectivity index (χ0) is 12.1. The highest BCUT2D eigenvalue weighted by Crippen LogP contribution is 2.05. The first-order valence-corrected chi connectivity index (χ1v) is 5.51. The molecule has 0 aromatic carbocycles. The molecule has 0 saturated heterocycles. The fraction of sp³-hybridized carbons (Fsp3) is 0.364. The van der Waals surface area contributed by atoms with Crippen LogP contribution in [-0.2, 0) is 13.5 Å². The maximum atomic E-state index is 4.31. The van der Waals surface area contributed by atoms with E-state index in [4.69, 9.17) is 0 Å². The van der Waals surface area contributed by atoms with Crippen molar-refractivity contribution in [1.82, 2.24) is 19.7 Å². The third-order valence-corrected chi connectivity index (χ3v) is 2.34. The predicted molar refractivity (Wildman–Crippen MR) is 67.0 cm³/mol. The van der Waals surface area contributed by atoms with Crippen molar-refractivity contribution in [3.05, 3.63) is 30.2 Å². The molecule has 90 valence electrons. The van der Waals surface area contributed by atoms with E-state index in [0.717, 1.165) is 24.5 Å². The molecule has 2 aromatic heterocycles. The molecule has 0 amide bonds. The molecule has 0 saturated carbocycles. The molecular formula is C11H16N6. The van der Waals surface area contributed by atoms with Crippen molar-refractivity contribution >= 4 is 11.8 Å². The molecule has 0 radical (unpaired) electrons. The fourth-order valence-electron chi connectivity index (χ4n) is 1.49. The van der Waals surface area contributed by atoms with Gasteiger partial charge in [0.2, 0.25) is 5.95 Å². The third kappa shape index (κ3) is 3.17. The van der Waals surface area contributed by atoms with Gasteiger partial charge in [-0.25, -0.2) is 4.98 Å². The lowest BCUT2D eigenvalue weighted by Crippen LogP contribution is -2.08. The van der Waals surface area contributed by atoms with Crippen LogP contribution in [-0.4, -0.2) is 33.3 Å². The first kappa shape index (κ1) is 11.4. The number of anilines is 2. The Balaban J connectivity index is 1.85. The van der Waals surface area contributed by atoms with Crippen molar-refractivity contribution in [2.75, 3.05) is 24.2 Å². The summed E-state index contributed by atoms with van der Waals surface area (Å²) in [6.45, 7) is 0.803. The lowest BCUT2D eigenvalue weighted by Gasteiger charge is -2.05. The lowest BCUT2D eigenvalue weighted by atomic mass is 10.3. The Morgan fingerprint density at radius 2 is 2.24 bits per heavy atom. The van der Waals surface area contributed by atoms with Crippen molar-refractivity contribution in [3.8, 4) is 0 Å². The number of aromatic nitrogens is 4. The largest absolute Gasteiger partial charge is 0.370 e. The van der Waals surface area contributed by atoms with Crippen molar-refractivity contribution in [2.24, 2.45) is 7.05 Å². The van der Waals surface area contributed by atoms with Crippen LogP contribution in [0.4, 0.5) is 11.8 Å². The van der Waals surface area contributed by atoms with Gasteiger partial charge in [-0.3, -0.25) is 4.68 Å². The van der Waals surface area contributed by atoms with E-state index in [2.05, 4.69) is 25.7 Å². The highest BCUT2D eigenvalue weighted by molar-refractivity contribution is 5.39. The summed E-state index contributed by atoms with van der Waals surface area (Å²) in [6, 6.07) is 3.86. The van der Waals surface area contributed by atoms with Gasteiger partial charge in [0.05, 0.1) is 5.69 Å². The SMILES string of the molecule is CNc1nccc(NCCc2ccn(C)n2)n1. The topological polar surface area (TPSA) is 67.7 Å². The van der Waals surface area contributed by atoms with Gasteiger partial charge in [0, 0.05) is 39.5 Å². The summed E-state index contributed by atoms with van der Waals surface area (Å²) in [5.41, 5.74) is 1.07. The van der Waals surface area contributed by atoms with Crippen molar-refractivity contribution < 1.29 is 0 Å². The van der Waals surface area contributed by atoms with Gasteiger partial charge in [0.25, 0.3) is 0 Å². The number of aryl methyl sites for hydroxylation is 1. The maximum Gasteiger partial charge on any atom is 0.224 e. The van der Waals surface area contributed by atoms with E-state index in [1.165, 1.54) is 0 Å². The van der Waals surface area contributed by atoms with Crippen molar-refractivity contribution in [3.63, 3.8) is 0 Å². The molecule has 0 bridgehead atoms. The second kappa shape index (κ2) is 5.29. The Morgan fingerprint density at radius 1 is 1.35 bits per heavy atom. The molecule has 2 heterocycles. The molecule has 0 aliphatic rings. The first-order valence-electron chi connectivity index (χ1n) is 5.51. The second-order valence-electron chi connectivity index (χ2n) is 3.67. The standard InChI is InChI=1S/C11H16N6/c1-12-11-14-7-4-10(15-11)13-6-3-9-5-8-17(2)16-9/h4-5,7-8H,3,6H2,1-2H3,(H2,12,13,14,15). The van der Waals surface area contributed by atoms with E-state index >= 15 is 0 Å². The zero-order valence-corrected chi connectivity index (χ0v) is 10.0. The number of hydrogen-bond acceptors (Lipinski definition) is 5. The molecular weight excluding hydrogens is 216 g/mol. The molecule has 2 N–H and O–H groups in total. The highest BCUT2D eigenvalue weighted by Gasteiger charge is 1.99. The molecule has 2 aromatic rings. The molecule has 2 rings (SSSR count). The average molecular weight is 232 g/mol. The monoisotopic (exact) mass is 232 g/mol. The minimum atomic E-state index is 0.618. The van der Waals surface area contributed by atoms with E-state index in [0.29, 0.717) is 5.95 Å². The van der Waals surface area contributed by atoms with Crippen molar-refractivity contribution in [2.45, 2.75) is 6.42 Å². The molecule has 0 atom stereocenters. The number of rotatable bonds is 5. The van der Waals surface area contributed by atoms with Gasteiger partial charge in [-0.15, -0.1) is 0 Å². The lowest BCUT2D eigenvalue weighted by molar-refractivity contribution is 0.742. The average Bonchev–Trinajstić information content (AvgIpc) is 2.75. The highest BCUT2D eigenvalue weighted by atomic mass is 15.2. The van der Waals surface area contributed by atoms with Crippen LogP contribution in [0.5, 0.6) is 0 Å². The zero-order valence-electron chi connectivity index (χ0n) is 10.0. The summed E-state index contributed by atoms with van der Waals surface area (Å²) < 4.78 is 1.80. The normalized spacial score (nSPS) is 10.2. The van der Waals surface area contributed by atoms with Gasteiger partial charge in [0.15, 0.2) is 0 Å². The summed E-state index contributed by atoms with van der Waals surface area (Å²) >= 11 is 0. The maximum absolute atomic E-state index is 4.31. The number of nitrogens with zero attached hydrogens (tertiary/aromatic N) is 4. The Labute approximate surface area is 100 Å². The Hall–Kier alpha value is -2.11. The van der Waals surface area contributed by atoms with E-state index in [-0.39, 0.29) is 0 Å². The van der Waals surface area contributed by atoms with Gasteiger partial charge >= 0.3 is 0 Å². The van der Waals surface area contributed by atoms with Crippen LogP contribution in [0.2, 0.25) is 0 Å². The Bertz CT molecular complexity index is 478. The van der Waals surface area contributed by atoms with E-state index in [9.17, 15) is 0 Å². The van der Waals surface area contributed by atoms with Gasteiger partial charge < -0.3 is 10.6 Å². The van der Waals surface area contributed by atoms with Crippen molar-refractivity contribution in [1.29, 1.82) is 0 Å². The van der Waals surface area contributed by atoms with Crippen LogP contribution in [0.15, 0.2) is 24.5 Å². The molecule has 6 heteroatoms. The Morgan fingerprint density at radius 3 is 2.94 bits per heavy atom. The molecule has 0 aliphatic carbocycles. The van der Waals surface area contributed by atoms with Crippen LogP contribution < -0.4 is 10.6 Å². The molecule has 0 fully saturated rings. The molecule has 0 spiro atoms. The van der Waals surface area contributed by atoms with Crippen LogP contribution >= 0.6 is 0 Å². The van der Waals surface area contributed by atoms with E-state index in [1.54, 1.807) is 17.9 Å². The van der Waals surface area contributed by atoms with Gasteiger partial charge in [-0.1, -0.05) is 0 Å². The summed E-state index contributed by atoms with van der Waals surface area (Å²) in [6.07, 6.45) is 4.54. The molecule has 6 nitrogen and oxygen atoms in total. The van der Waals surface area contributed by atoms with E-state index < -0.39 is 0 Å². The molecule has 0 unspecified atom stereocenters. The summed E-state index contributed by atoms with van der Waals surface area (Å²) in [5.74, 6) is 1.44. The van der Waals surface area contributed by atoms with Crippen LogP contribution in [0.3, 0.4) is 0 Å². The summed E-state index contributed by atoms with van der Waals surface area (Å²) in [5, 5.41) is 10.4. The first-order chi connectivity index (χ1) is 8.28. The molecule has 0 aliphatic heterocycles. The summed E-state index contributed by atoms with van der Waals surface area (Å²) in [4.78, 5) is 8.32. The quantitative estimate of drug-likeness (QED) is 0.802. The smallest absolute Gasteiger partial charge is 0.224 e. The third-order valence-electron chi connectivity index (χ3n) is 2.34. The minimum absolute atomic E-state index is 0.618. The number of hydrogen-bond donors (Lipinski definition) is 2. The van der Waals surface area contributed by atoms with Crippen LogP contribution in [0.25, 0.3) is 0 Å². The van der Waals surface area contributed by atoms with Gasteiger partial charge in [0.1, 0.15) is 5.82 Å². The predicted octanol–water partition coefficient (Wildman–Crippen LogP) is 0.906. The second-order valence-corrected chi connectivity index (χ2v) is 3.67. The van der Waals surface area contributed by atoms with E-state index in [1.807, 2.05) is 25.4 Å². The van der Waals surface area contributed by atoms with Gasteiger partial charge in [-0.2, -0.15) is 10.1 Å². The number of nitrogens with one attached hydrogen (secondary N) is 2. The van der Waals surface area contributed by atoms with Gasteiger partial charge in [-0.05, 0) is 12.1 Å². The van der Waals surface area contributed by atoms with Crippen LogP contribution in [0.1, 0.15) is 5.69 Å². The molecule has 17 heavy (non-hydrogen) atoms. The van der Waals surface area contributed by atoms with Crippen LogP contribution in [0, 0.1) is 0 Å². The summed E-state index contributed by atoms with van der Waals surface area (Å²) in [7, 11) is 3.72.